The fraction of sp³-hybridized carbons (Fsp3) is 0.130. The lowest BCUT2D eigenvalue weighted by molar-refractivity contribution is -0.385. The number of rotatable bonds is 6. The van der Waals surface area contributed by atoms with Crippen molar-refractivity contribution < 1.29 is 19.2 Å². The van der Waals surface area contributed by atoms with Gasteiger partial charge in [0.05, 0.1) is 36.6 Å². The first kappa shape index (κ1) is 20.9. The number of para-hydroxylation sites is 1. The Morgan fingerprint density at radius 2 is 1.81 bits per heavy atom. The number of nitro groups is 1. The number of hydrogen-bond acceptors (Lipinski definition) is 6. The fourth-order valence-corrected chi connectivity index (χ4v) is 3.49. The molecular formula is C23H20N4O5. The maximum Gasteiger partial charge on any atom is 0.286 e. The highest BCUT2D eigenvalue weighted by Crippen LogP contribution is 2.35. The van der Waals surface area contributed by atoms with Crippen LogP contribution in [0.15, 0.2) is 60.9 Å². The number of imidazole rings is 1. The lowest BCUT2D eigenvalue weighted by atomic mass is 10.1. The van der Waals surface area contributed by atoms with Crippen LogP contribution in [0.3, 0.4) is 0 Å². The molecule has 2 aromatic carbocycles. The average Bonchev–Trinajstić information content (AvgIpc) is 3.24. The third-order valence-corrected chi connectivity index (χ3v) is 5.07. The second kappa shape index (κ2) is 8.38. The van der Waals surface area contributed by atoms with Crippen LogP contribution in [-0.2, 0) is 0 Å². The molecule has 0 atom stereocenters. The zero-order chi connectivity index (χ0) is 22.8. The molecule has 0 aliphatic carbocycles. The first-order valence-corrected chi connectivity index (χ1v) is 9.68. The Kier molecular flexibility index (Phi) is 5.46. The smallest absolute Gasteiger partial charge is 0.286 e. The predicted octanol–water partition coefficient (Wildman–Crippen LogP) is 4.49. The minimum absolute atomic E-state index is 0.145. The van der Waals surface area contributed by atoms with Crippen molar-refractivity contribution in [3.8, 4) is 22.8 Å². The van der Waals surface area contributed by atoms with Gasteiger partial charge in [0.25, 0.3) is 11.6 Å². The standard InChI is InChI=1S/C23H20N4O5/c1-14-7-6-10-26-13-18(24-22(14)26)15-8-4-5-9-17(15)25-23(28)16-11-20(31-2)21(32-3)12-19(16)27(29)30/h4-13H,1-3H3,(H,25,28). The number of fused-ring (bicyclic) bond motifs is 1. The number of aryl methyl sites for hydroxylation is 1. The number of pyridine rings is 1. The number of ether oxygens (including phenoxy) is 2. The van der Waals surface area contributed by atoms with Gasteiger partial charge in [-0.2, -0.15) is 0 Å². The molecule has 2 aromatic heterocycles. The van der Waals surface area contributed by atoms with Crippen molar-refractivity contribution >= 4 is 22.9 Å². The average molecular weight is 432 g/mol. The number of carbonyl (C=O) groups excluding carboxylic acids is 1. The Hall–Kier alpha value is -4.40. The molecule has 1 N–H and O–H groups in total. The molecule has 0 aliphatic heterocycles. The summed E-state index contributed by atoms with van der Waals surface area (Å²) in [6, 6.07) is 13.5. The molecule has 9 heteroatoms. The summed E-state index contributed by atoms with van der Waals surface area (Å²) >= 11 is 0. The number of amides is 1. The summed E-state index contributed by atoms with van der Waals surface area (Å²) in [5, 5.41) is 14.4. The van der Waals surface area contributed by atoms with Crippen LogP contribution in [-0.4, -0.2) is 34.4 Å². The Morgan fingerprint density at radius 3 is 2.50 bits per heavy atom. The van der Waals surface area contributed by atoms with E-state index in [9.17, 15) is 14.9 Å². The number of nitrogens with one attached hydrogen (secondary N) is 1. The van der Waals surface area contributed by atoms with Gasteiger partial charge < -0.3 is 19.2 Å². The molecule has 2 heterocycles. The molecule has 1 amide bonds. The van der Waals surface area contributed by atoms with Crippen LogP contribution < -0.4 is 14.8 Å². The quantitative estimate of drug-likeness (QED) is 0.355. The van der Waals surface area contributed by atoms with Gasteiger partial charge in [-0.25, -0.2) is 4.98 Å². The molecule has 162 valence electrons. The Balaban J connectivity index is 1.75. The molecule has 0 fully saturated rings. The van der Waals surface area contributed by atoms with E-state index in [0.717, 1.165) is 11.2 Å². The number of nitrogens with zero attached hydrogens (tertiary/aromatic N) is 3. The predicted molar refractivity (Wildman–Crippen MR) is 120 cm³/mol. The molecule has 0 spiro atoms. The lowest BCUT2D eigenvalue weighted by Crippen LogP contribution is -2.15. The highest BCUT2D eigenvalue weighted by molar-refractivity contribution is 6.09. The van der Waals surface area contributed by atoms with Crippen molar-refractivity contribution in [2.45, 2.75) is 6.92 Å². The van der Waals surface area contributed by atoms with Gasteiger partial charge in [0.15, 0.2) is 11.5 Å². The summed E-state index contributed by atoms with van der Waals surface area (Å²) in [5.74, 6) is -0.270. The molecule has 0 aliphatic rings. The van der Waals surface area contributed by atoms with Crippen LogP contribution in [0.4, 0.5) is 11.4 Å². The number of aromatic nitrogens is 2. The molecule has 4 aromatic rings. The van der Waals surface area contributed by atoms with Crippen LogP contribution >= 0.6 is 0 Å². The van der Waals surface area contributed by atoms with Crippen molar-refractivity contribution in [1.29, 1.82) is 0 Å². The van der Waals surface area contributed by atoms with E-state index in [1.54, 1.807) is 12.1 Å². The second-order valence-electron chi connectivity index (χ2n) is 7.03. The summed E-state index contributed by atoms with van der Waals surface area (Å²) in [6.07, 6.45) is 3.76. The lowest BCUT2D eigenvalue weighted by Gasteiger charge is -2.12. The zero-order valence-corrected chi connectivity index (χ0v) is 17.7. The minimum atomic E-state index is -0.648. The number of benzene rings is 2. The van der Waals surface area contributed by atoms with Crippen LogP contribution in [0.1, 0.15) is 15.9 Å². The molecule has 9 nitrogen and oxygen atoms in total. The highest BCUT2D eigenvalue weighted by atomic mass is 16.6. The number of carbonyl (C=O) groups is 1. The Labute approximate surface area is 183 Å². The van der Waals surface area contributed by atoms with Gasteiger partial charge >= 0.3 is 0 Å². The molecule has 0 saturated carbocycles. The van der Waals surface area contributed by atoms with E-state index in [-0.39, 0.29) is 22.7 Å². The molecule has 32 heavy (non-hydrogen) atoms. The summed E-state index contributed by atoms with van der Waals surface area (Å²) in [4.78, 5) is 28.7. The van der Waals surface area contributed by atoms with Crippen LogP contribution in [0.5, 0.6) is 11.5 Å². The summed E-state index contributed by atoms with van der Waals surface area (Å²) in [6.45, 7) is 1.97. The van der Waals surface area contributed by atoms with E-state index in [0.29, 0.717) is 16.9 Å². The first-order valence-electron chi connectivity index (χ1n) is 9.68. The fourth-order valence-electron chi connectivity index (χ4n) is 3.49. The van der Waals surface area contributed by atoms with Gasteiger partial charge in [-0.3, -0.25) is 14.9 Å². The largest absolute Gasteiger partial charge is 0.493 e. The maximum atomic E-state index is 13.1. The Morgan fingerprint density at radius 1 is 1.09 bits per heavy atom. The Bertz CT molecular complexity index is 1350. The van der Waals surface area contributed by atoms with Crippen LogP contribution in [0, 0.1) is 17.0 Å². The summed E-state index contributed by atoms with van der Waals surface area (Å²) in [5.41, 5.74) is 3.11. The van der Waals surface area contributed by atoms with Gasteiger partial charge in [-0.15, -0.1) is 0 Å². The van der Waals surface area contributed by atoms with Gasteiger partial charge in [0.1, 0.15) is 11.2 Å². The van der Waals surface area contributed by atoms with E-state index < -0.39 is 10.8 Å². The SMILES string of the molecule is COc1cc(C(=O)Nc2ccccc2-c2cn3cccc(C)c3n2)c([N+](=O)[O-])cc1OC. The number of methoxy groups -OCH3 is 2. The second-order valence-corrected chi connectivity index (χ2v) is 7.03. The number of anilines is 1. The van der Waals surface area contributed by atoms with Crippen molar-refractivity contribution in [2.24, 2.45) is 0 Å². The van der Waals surface area contributed by atoms with Crippen molar-refractivity contribution in [2.75, 3.05) is 19.5 Å². The molecular weight excluding hydrogens is 412 g/mol. The molecule has 0 radical (unpaired) electrons. The molecule has 0 saturated heterocycles. The van der Waals surface area contributed by atoms with Gasteiger partial charge in [0, 0.05) is 24.0 Å². The topological polar surface area (TPSA) is 108 Å². The molecule has 4 rings (SSSR count). The monoisotopic (exact) mass is 432 g/mol. The van der Waals surface area contributed by atoms with E-state index in [1.807, 2.05) is 48.0 Å². The van der Waals surface area contributed by atoms with Gasteiger partial charge in [-0.05, 0) is 24.6 Å². The van der Waals surface area contributed by atoms with Gasteiger partial charge in [0.2, 0.25) is 0 Å². The van der Waals surface area contributed by atoms with Crippen molar-refractivity contribution in [3.63, 3.8) is 0 Å². The number of nitro benzene ring substituents is 1. The zero-order valence-electron chi connectivity index (χ0n) is 17.7. The third kappa shape index (κ3) is 3.71. The van der Waals surface area contributed by atoms with E-state index in [4.69, 9.17) is 9.47 Å². The summed E-state index contributed by atoms with van der Waals surface area (Å²) < 4.78 is 12.2. The van der Waals surface area contributed by atoms with Crippen LogP contribution in [0.2, 0.25) is 0 Å². The third-order valence-electron chi connectivity index (χ3n) is 5.07. The van der Waals surface area contributed by atoms with E-state index >= 15 is 0 Å². The highest BCUT2D eigenvalue weighted by Gasteiger charge is 2.25. The summed E-state index contributed by atoms with van der Waals surface area (Å²) in [7, 11) is 2.76. The first-order chi connectivity index (χ1) is 15.4. The van der Waals surface area contributed by atoms with E-state index in [1.165, 1.54) is 26.4 Å². The van der Waals surface area contributed by atoms with E-state index in [2.05, 4.69) is 10.3 Å². The van der Waals surface area contributed by atoms with Crippen LogP contribution in [0.25, 0.3) is 16.9 Å². The minimum Gasteiger partial charge on any atom is -0.493 e. The maximum absolute atomic E-state index is 13.1. The molecule has 0 unspecified atom stereocenters. The molecule has 0 bridgehead atoms. The normalized spacial score (nSPS) is 10.7. The van der Waals surface area contributed by atoms with Crippen molar-refractivity contribution in [1.82, 2.24) is 9.38 Å². The number of hydrogen-bond donors (Lipinski definition) is 1. The van der Waals surface area contributed by atoms with Gasteiger partial charge in [-0.1, -0.05) is 24.3 Å². The van der Waals surface area contributed by atoms with Crippen molar-refractivity contribution in [3.05, 3.63) is 82.2 Å².